The number of fused-ring (bicyclic) bond motifs is 1. The lowest BCUT2D eigenvalue weighted by Crippen LogP contribution is -2.42. The van der Waals surface area contributed by atoms with Crippen LogP contribution in [0.15, 0.2) is 47.4 Å². The average molecular weight is 481 g/mol. The molecule has 0 aromatic heterocycles. The first-order valence-corrected chi connectivity index (χ1v) is 12.6. The molecule has 33 heavy (non-hydrogen) atoms. The van der Waals surface area contributed by atoms with Crippen molar-refractivity contribution in [3.8, 4) is 0 Å². The van der Waals surface area contributed by atoms with Crippen molar-refractivity contribution in [2.45, 2.75) is 56.1 Å². The van der Waals surface area contributed by atoms with Crippen LogP contribution in [-0.2, 0) is 40.4 Å². The van der Waals surface area contributed by atoms with Crippen molar-refractivity contribution in [3.05, 3.63) is 64.7 Å². The molecule has 2 aliphatic rings. The van der Waals surface area contributed by atoms with Gasteiger partial charge in [-0.25, -0.2) is 8.42 Å². The molecule has 1 fully saturated rings. The number of halogens is 3. The Bertz CT molecular complexity index is 1120. The summed E-state index contributed by atoms with van der Waals surface area (Å²) in [6, 6.07) is 10.2. The number of alkyl halides is 3. The lowest BCUT2D eigenvalue weighted by molar-refractivity contribution is -0.137. The van der Waals surface area contributed by atoms with Gasteiger partial charge in [-0.2, -0.15) is 17.5 Å². The second kappa shape index (κ2) is 9.46. The molecule has 4 rings (SSSR count). The van der Waals surface area contributed by atoms with E-state index in [0.29, 0.717) is 23.3 Å². The van der Waals surface area contributed by atoms with Crippen molar-refractivity contribution in [1.29, 1.82) is 0 Å². The van der Waals surface area contributed by atoms with Gasteiger partial charge in [0.2, 0.25) is 15.9 Å². The quantitative estimate of drug-likeness (QED) is 0.694. The molecular formula is C24H27F3N2O3S. The minimum absolute atomic E-state index is 0.00358. The van der Waals surface area contributed by atoms with Crippen molar-refractivity contribution in [2.24, 2.45) is 5.92 Å². The van der Waals surface area contributed by atoms with E-state index in [1.54, 1.807) is 12.1 Å². The molecule has 178 valence electrons. The molecule has 0 saturated carbocycles. The fourth-order valence-electron chi connectivity index (χ4n) is 4.57. The van der Waals surface area contributed by atoms with E-state index < -0.39 is 21.8 Å². The number of aryl methyl sites for hydroxylation is 2. The molecule has 1 aliphatic carbocycles. The molecule has 2 aromatic carbocycles. The average Bonchev–Trinajstić information content (AvgIpc) is 2.82. The van der Waals surface area contributed by atoms with E-state index in [9.17, 15) is 26.4 Å². The van der Waals surface area contributed by atoms with Crippen molar-refractivity contribution in [2.75, 3.05) is 13.1 Å². The van der Waals surface area contributed by atoms with Gasteiger partial charge >= 0.3 is 6.18 Å². The molecule has 9 heteroatoms. The van der Waals surface area contributed by atoms with Crippen molar-refractivity contribution < 1.29 is 26.4 Å². The first-order valence-electron chi connectivity index (χ1n) is 11.2. The van der Waals surface area contributed by atoms with E-state index >= 15 is 0 Å². The van der Waals surface area contributed by atoms with Crippen LogP contribution in [0.5, 0.6) is 0 Å². The Morgan fingerprint density at radius 2 is 1.70 bits per heavy atom. The summed E-state index contributed by atoms with van der Waals surface area (Å²) in [6.07, 6.45) is 0.386. The van der Waals surface area contributed by atoms with E-state index in [2.05, 4.69) is 5.32 Å². The number of carbonyl (C=O) groups excluding carboxylic acids is 1. The SMILES string of the molecule is O=C(NCc1cccc(C(F)(F)F)c1)C1CCN(S(=O)(=O)c2ccc3c(c2)CCCC3)CC1. The van der Waals surface area contributed by atoms with E-state index in [1.165, 1.54) is 22.0 Å². The number of nitrogens with one attached hydrogen (secondary N) is 1. The highest BCUT2D eigenvalue weighted by molar-refractivity contribution is 7.89. The van der Waals surface area contributed by atoms with Gasteiger partial charge in [-0.05, 0) is 79.5 Å². The molecule has 5 nitrogen and oxygen atoms in total. The molecule has 1 N–H and O–H groups in total. The van der Waals surface area contributed by atoms with Crippen LogP contribution < -0.4 is 5.32 Å². The third-order valence-corrected chi connectivity index (χ3v) is 8.40. The lowest BCUT2D eigenvalue weighted by Gasteiger charge is -2.31. The summed E-state index contributed by atoms with van der Waals surface area (Å²) in [5.74, 6) is -0.635. The van der Waals surface area contributed by atoms with Gasteiger partial charge < -0.3 is 5.32 Å². The smallest absolute Gasteiger partial charge is 0.352 e. The van der Waals surface area contributed by atoms with Crippen LogP contribution in [0.25, 0.3) is 0 Å². The molecule has 0 atom stereocenters. The Morgan fingerprint density at radius 3 is 2.39 bits per heavy atom. The highest BCUT2D eigenvalue weighted by atomic mass is 32.2. The van der Waals surface area contributed by atoms with Gasteiger partial charge in [0.1, 0.15) is 0 Å². The van der Waals surface area contributed by atoms with E-state index in [-0.39, 0.29) is 31.5 Å². The van der Waals surface area contributed by atoms with Crippen LogP contribution in [0.1, 0.15) is 47.9 Å². The van der Waals surface area contributed by atoms with Crippen LogP contribution in [0.3, 0.4) is 0 Å². The summed E-state index contributed by atoms with van der Waals surface area (Å²) in [5.41, 5.74) is 1.93. The Hall–Kier alpha value is -2.39. The second-order valence-electron chi connectivity index (χ2n) is 8.73. The van der Waals surface area contributed by atoms with Crippen LogP contribution in [0, 0.1) is 5.92 Å². The summed E-state index contributed by atoms with van der Waals surface area (Å²) in [6.45, 7) is 0.471. The molecule has 1 aliphatic heterocycles. The maximum absolute atomic E-state index is 13.1. The van der Waals surface area contributed by atoms with Gasteiger partial charge in [-0.1, -0.05) is 18.2 Å². The Morgan fingerprint density at radius 1 is 1.00 bits per heavy atom. The minimum Gasteiger partial charge on any atom is -0.352 e. The molecular weight excluding hydrogens is 453 g/mol. The summed E-state index contributed by atoms with van der Waals surface area (Å²) in [5, 5.41) is 2.69. The van der Waals surface area contributed by atoms with Gasteiger partial charge in [0.05, 0.1) is 10.5 Å². The Kier molecular flexibility index (Phi) is 6.81. The molecule has 1 amide bonds. The van der Waals surface area contributed by atoms with Crippen molar-refractivity contribution in [3.63, 3.8) is 0 Å². The summed E-state index contributed by atoms with van der Waals surface area (Å²) in [4.78, 5) is 12.8. The van der Waals surface area contributed by atoms with Crippen LogP contribution in [-0.4, -0.2) is 31.7 Å². The standard InChI is InChI=1S/C24H27F3N2O3S/c25-24(26,27)21-7-3-4-17(14-21)16-28-23(30)19-10-12-29(13-11-19)33(31,32)22-9-8-18-5-1-2-6-20(18)15-22/h3-4,7-9,14-15,19H,1-2,5-6,10-13,16H2,(H,28,30). The number of carbonyl (C=O) groups is 1. The monoisotopic (exact) mass is 480 g/mol. The largest absolute Gasteiger partial charge is 0.416 e. The number of piperidine rings is 1. The number of rotatable bonds is 5. The fraction of sp³-hybridized carbons (Fsp3) is 0.458. The Balaban J connectivity index is 1.33. The second-order valence-corrected chi connectivity index (χ2v) is 10.7. The van der Waals surface area contributed by atoms with Crippen LogP contribution in [0.4, 0.5) is 13.2 Å². The number of amides is 1. The third kappa shape index (κ3) is 5.41. The summed E-state index contributed by atoms with van der Waals surface area (Å²) in [7, 11) is -3.62. The summed E-state index contributed by atoms with van der Waals surface area (Å²) >= 11 is 0. The minimum atomic E-state index is -4.43. The molecule has 0 unspecified atom stereocenters. The van der Waals surface area contributed by atoms with Gasteiger partial charge in [0.15, 0.2) is 0 Å². The first kappa shape index (κ1) is 23.8. The zero-order chi connectivity index (χ0) is 23.6. The topological polar surface area (TPSA) is 66.5 Å². The number of nitrogens with zero attached hydrogens (tertiary/aromatic N) is 1. The zero-order valence-electron chi connectivity index (χ0n) is 18.2. The lowest BCUT2D eigenvalue weighted by atomic mass is 9.92. The molecule has 1 saturated heterocycles. The van der Waals surface area contributed by atoms with E-state index in [4.69, 9.17) is 0 Å². The van der Waals surface area contributed by atoms with Gasteiger partial charge in [-0.15, -0.1) is 0 Å². The highest BCUT2D eigenvalue weighted by Gasteiger charge is 2.33. The number of hydrogen-bond donors (Lipinski definition) is 1. The van der Waals surface area contributed by atoms with E-state index in [1.807, 2.05) is 6.07 Å². The van der Waals surface area contributed by atoms with Crippen molar-refractivity contribution in [1.82, 2.24) is 9.62 Å². The molecule has 0 bridgehead atoms. The number of hydrogen-bond acceptors (Lipinski definition) is 3. The van der Waals surface area contributed by atoms with Crippen LogP contribution in [0.2, 0.25) is 0 Å². The zero-order valence-corrected chi connectivity index (χ0v) is 19.0. The molecule has 0 radical (unpaired) electrons. The maximum atomic E-state index is 13.1. The van der Waals surface area contributed by atoms with E-state index in [0.717, 1.165) is 43.4 Å². The third-order valence-electron chi connectivity index (χ3n) is 6.50. The van der Waals surface area contributed by atoms with Gasteiger partial charge in [-0.3, -0.25) is 4.79 Å². The molecule has 2 aromatic rings. The maximum Gasteiger partial charge on any atom is 0.416 e. The normalized spacial score (nSPS) is 18.0. The van der Waals surface area contributed by atoms with Crippen molar-refractivity contribution >= 4 is 15.9 Å². The fourth-order valence-corrected chi connectivity index (χ4v) is 6.09. The first-order chi connectivity index (χ1) is 15.6. The predicted molar refractivity (Wildman–Crippen MR) is 118 cm³/mol. The molecule has 1 heterocycles. The Labute approximate surface area is 192 Å². The van der Waals surface area contributed by atoms with Gasteiger partial charge in [0.25, 0.3) is 0 Å². The van der Waals surface area contributed by atoms with Gasteiger partial charge in [0, 0.05) is 25.6 Å². The summed E-state index contributed by atoms with van der Waals surface area (Å²) < 4.78 is 66.2. The number of sulfonamides is 1. The number of benzene rings is 2. The predicted octanol–water partition coefficient (Wildman–Crippen LogP) is 4.30. The van der Waals surface area contributed by atoms with Crippen LogP contribution >= 0.6 is 0 Å². The highest BCUT2D eigenvalue weighted by Crippen LogP contribution is 2.30. The molecule has 0 spiro atoms.